The molecule has 0 aromatic heterocycles. The fraction of sp³-hybridized carbons (Fsp3) is 0.400. The topological polar surface area (TPSA) is 43.1 Å². The van der Waals surface area contributed by atoms with Gasteiger partial charge in [0.2, 0.25) is 0 Å². The van der Waals surface area contributed by atoms with Crippen LogP contribution in [-0.2, 0) is 6.42 Å². The molecular weight excluding hydrogens is 198 g/mol. The van der Waals surface area contributed by atoms with Gasteiger partial charge in [-0.1, -0.05) is 19.1 Å². The SMILES string of the molecule is CCSCCc1cccc([N+](=O)[O-])c1. The predicted octanol–water partition coefficient (Wildman–Crippen LogP) is 2.89. The van der Waals surface area contributed by atoms with E-state index in [2.05, 4.69) is 6.92 Å². The summed E-state index contributed by atoms with van der Waals surface area (Å²) in [6, 6.07) is 6.85. The molecule has 0 heterocycles. The van der Waals surface area contributed by atoms with Gasteiger partial charge in [0.15, 0.2) is 0 Å². The van der Waals surface area contributed by atoms with E-state index in [1.807, 2.05) is 17.8 Å². The minimum atomic E-state index is -0.351. The fourth-order valence-corrected chi connectivity index (χ4v) is 1.83. The van der Waals surface area contributed by atoms with Gasteiger partial charge in [-0.2, -0.15) is 11.8 Å². The Morgan fingerprint density at radius 2 is 2.29 bits per heavy atom. The zero-order chi connectivity index (χ0) is 10.4. The summed E-state index contributed by atoms with van der Waals surface area (Å²) in [5, 5.41) is 10.5. The summed E-state index contributed by atoms with van der Waals surface area (Å²) in [6.07, 6.45) is 0.903. The van der Waals surface area contributed by atoms with Gasteiger partial charge in [0.1, 0.15) is 0 Å². The number of rotatable bonds is 5. The molecule has 0 aliphatic carbocycles. The number of aryl methyl sites for hydroxylation is 1. The lowest BCUT2D eigenvalue weighted by Gasteiger charge is -1.99. The van der Waals surface area contributed by atoms with Crippen LogP contribution < -0.4 is 0 Å². The van der Waals surface area contributed by atoms with Crippen molar-refractivity contribution in [1.82, 2.24) is 0 Å². The monoisotopic (exact) mass is 211 g/mol. The van der Waals surface area contributed by atoms with Gasteiger partial charge in [-0.25, -0.2) is 0 Å². The highest BCUT2D eigenvalue weighted by Gasteiger charge is 2.04. The second-order valence-electron chi connectivity index (χ2n) is 2.87. The standard InChI is InChI=1S/C10H13NO2S/c1-2-14-7-6-9-4-3-5-10(8-9)11(12)13/h3-5,8H,2,6-7H2,1H3. The van der Waals surface area contributed by atoms with Crippen LogP contribution in [0.5, 0.6) is 0 Å². The minimum absolute atomic E-state index is 0.184. The molecule has 0 bridgehead atoms. The van der Waals surface area contributed by atoms with Crippen LogP contribution in [0.25, 0.3) is 0 Å². The highest BCUT2D eigenvalue weighted by molar-refractivity contribution is 7.99. The largest absolute Gasteiger partial charge is 0.269 e. The van der Waals surface area contributed by atoms with E-state index in [4.69, 9.17) is 0 Å². The molecule has 3 nitrogen and oxygen atoms in total. The second kappa shape index (κ2) is 5.65. The molecular formula is C10H13NO2S. The molecule has 14 heavy (non-hydrogen) atoms. The van der Waals surface area contributed by atoms with E-state index in [0.717, 1.165) is 23.5 Å². The van der Waals surface area contributed by atoms with Crippen molar-refractivity contribution in [3.8, 4) is 0 Å². The van der Waals surface area contributed by atoms with Gasteiger partial charge in [-0.05, 0) is 23.5 Å². The molecule has 76 valence electrons. The molecule has 0 spiro atoms. The molecule has 0 aliphatic heterocycles. The minimum Gasteiger partial charge on any atom is -0.258 e. The molecule has 1 rings (SSSR count). The maximum Gasteiger partial charge on any atom is 0.269 e. The van der Waals surface area contributed by atoms with E-state index >= 15 is 0 Å². The second-order valence-corrected chi connectivity index (χ2v) is 4.27. The van der Waals surface area contributed by atoms with Gasteiger partial charge in [-0.3, -0.25) is 10.1 Å². The molecule has 0 saturated heterocycles. The van der Waals surface area contributed by atoms with Crippen LogP contribution in [0.15, 0.2) is 24.3 Å². The molecule has 0 amide bonds. The van der Waals surface area contributed by atoms with Crippen molar-refractivity contribution >= 4 is 17.4 Å². The lowest BCUT2D eigenvalue weighted by atomic mass is 10.1. The van der Waals surface area contributed by atoms with Crippen molar-refractivity contribution in [3.05, 3.63) is 39.9 Å². The third-order valence-corrected chi connectivity index (χ3v) is 2.76. The number of thioether (sulfide) groups is 1. The number of hydrogen-bond donors (Lipinski definition) is 0. The van der Waals surface area contributed by atoms with Gasteiger partial charge in [0.05, 0.1) is 4.92 Å². The molecule has 0 saturated carbocycles. The Hall–Kier alpha value is -1.03. The molecule has 1 aromatic rings. The van der Waals surface area contributed by atoms with E-state index < -0.39 is 0 Å². The molecule has 4 heteroatoms. The fourth-order valence-electron chi connectivity index (χ4n) is 1.16. The van der Waals surface area contributed by atoms with Crippen molar-refractivity contribution in [1.29, 1.82) is 0 Å². The Balaban J connectivity index is 2.59. The van der Waals surface area contributed by atoms with Gasteiger partial charge in [-0.15, -0.1) is 0 Å². The third kappa shape index (κ3) is 3.38. The Kier molecular flexibility index (Phi) is 4.46. The van der Waals surface area contributed by atoms with E-state index in [9.17, 15) is 10.1 Å². The number of nitro groups is 1. The van der Waals surface area contributed by atoms with Crippen LogP contribution in [0.4, 0.5) is 5.69 Å². The normalized spacial score (nSPS) is 10.1. The highest BCUT2D eigenvalue weighted by atomic mass is 32.2. The number of nitro benzene ring substituents is 1. The first-order valence-corrected chi connectivity index (χ1v) is 5.70. The average molecular weight is 211 g/mol. The zero-order valence-corrected chi connectivity index (χ0v) is 8.92. The first-order chi connectivity index (χ1) is 6.74. The highest BCUT2D eigenvalue weighted by Crippen LogP contribution is 2.14. The van der Waals surface area contributed by atoms with E-state index in [-0.39, 0.29) is 10.6 Å². The lowest BCUT2D eigenvalue weighted by Crippen LogP contribution is -1.92. The Labute approximate surface area is 87.7 Å². The Morgan fingerprint density at radius 1 is 1.50 bits per heavy atom. The summed E-state index contributed by atoms with van der Waals surface area (Å²) < 4.78 is 0. The Bertz CT molecular complexity index is 315. The van der Waals surface area contributed by atoms with Crippen molar-refractivity contribution < 1.29 is 4.92 Å². The maximum atomic E-state index is 10.5. The first-order valence-electron chi connectivity index (χ1n) is 4.55. The Morgan fingerprint density at radius 3 is 2.93 bits per heavy atom. The van der Waals surface area contributed by atoms with Crippen molar-refractivity contribution in [3.63, 3.8) is 0 Å². The molecule has 0 fully saturated rings. The van der Waals surface area contributed by atoms with Crippen LogP contribution in [-0.4, -0.2) is 16.4 Å². The summed E-state index contributed by atoms with van der Waals surface area (Å²) in [5.74, 6) is 2.12. The average Bonchev–Trinajstić information content (AvgIpc) is 2.19. The van der Waals surface area contributed by atoms with Gasteiger partial charge >= 0.3 is 0 Å². The van der Waals surface area contributed by atoms with Crippen LogP contribution >= 0.6 is 11.8 Å². The summed E-state index contributed by atoms with van der Waals surface area (Å²) in [4.78, 5) is 10.1. The van der Waals surface area contributed by atoms with E-state index in [1.54, 1.807) is 12.1 Å². The predicted molar refractivity (Wildman–Crippen MR) is 59.8 cm³/mol. The summed E-state index contributed by atoms with van der Waals surface area (Å²) >= 11 is 1.85. The zero-order valence-electron chi connectivity index (χ0n) is 8.10. The quantitative estimate of drug-likeness (QED) is 0.427. The molecule has 1 aromatic carbocycles. The van der Waals surface area contributed by atoms with Crippen LogP contribution in [0.3, 0.4) is 0 Å². The van der Waals surface area contributed by atoms with Crippen LogP contribution in [0.2, 0.25) is 0 Å². The molecule has 0 aliphatic rings. The third-order valence-electron chi connectivity index (χ3n) is 1.86. The molecule has 0 atom stereocenters. The van der Waals surface area contributed by atoms with Gasteiger partial charge in [0.25, 0.3) is 5.69 Å². The van der Waals surface area contributed by atoms with Gasteiger partial charge in [0, 0.05) is 12.1 Å². The smallest absolute Gasteiger partial charge is 0.258 e. The van der Waals surface area contributed by atoms with Crippen LogP contribution in [0, 0.1) is 10.1 Å². The molecule has 0 unspecified atom stereocenters. The van der Waals surface area contributed by atoms with E-state index in [1.165, 1.54) is 6.07 Å². The lowest BCUT2D eigenvalue weighted by molar-refractivity contribution is -0.384. The molecule has 0 N–H and O–H groups in total. The number of benzene rings is 1. The van der Waals surface area contributed by atoms with E-state index in [0.29, 0.717) is 0 Å². The number of non-ortho nitro benzene ring substituents is 1. The molecule has 0 radical (unpaired) electrons. The number of hydrogen-bond acceptors (Lipinski definition) is 3. The van der Waals surface area contributed by atoms with Gasteiger partial charge < -0.3 is 0 Å². The number of nitrogens with zero attached hydrogens (tertiary/aromatic N) is 1. The van der Waals surface area contributed by atoms with Crippen molar-refractivity contribution in [2.24, 2.45) is 0 Å². The van der Waals surface area contributed by atoms with Crippen molar-refractivity contribution in [2.45, 2.75) is 13.3 Å². The first kappa shape index (κ1) is 11.0. The maximum absolute atomic E-state index is 10.5. The van der Waals surface area contributed by atoms with Crippen LogP contribution in [0.1, 0.15) is 12.5 Å². The summed E-state index contributed by atoms with van der Waals surface area (Å²) in [6.45, 7) is 2.11. The summed E-state index contributed by atoms with van der Waals surface area (Å²) in [5.41, 5.74) is 1.23. The summed E-state index contributed by atoms with van der Waals surface area (Å²) in [7, 11) is 0. The van der Waals surface area contributed by atoms with Crippen molar-refractivity contribution in [2.75, 3.05) is 11.5 Å².